The molecule has 2 aliphatic heterocycles. The molecule has 5 nitrogen and oxygen atoms in total. The first kappa shape index (κ1) is 13.1. The van der Waals surface area contributed by atoms with Gasteiger partial charge in [0.05, 0.1) is 0 Å². The third-order valence-corrected chi connectivity index (χ3v) is 4.28. The Morgan fingerprint density at radius 3 is 3.05 bits per heavy atom. The highest BCUT2D eigenvalue weighted by Crippen LogP contribution is 2.33. The lowest BCUT2D eigenvalue weighted by molar-refractivity contribution is 0.00768. The summed E-state index contributed by atoms with van der Waals surface area (Å²) in [5, 5.41) is 7.65. The zero-order valence-corrected chi connectivity index (χ0v) is 11.7. The summed E-state index contributed by atoms with van der Waals surface area (Å²) in [6, 6.07) is 0.613. The van der Waals surface area contributed by atoms with Crippen molar-refractivity contribution in [2.45, 2.75) is 63.5 Å². The molecule has 0 radical (unpaired) electrons. The molecule has 1 aromatic heterocycles. The van der Waals surface area contributed by atoms with E-state index >= 15 is 0 Å². The largest absolute Gasteiger partial charge is 0.367 e. The van der Waals surface area contributed by atoms with E-state index in [0.717, 1.165) is 50.6 Å². The normalized spacial score (nSPS) is 31.7. The number of ether oxygens (including phenoxy) is 1. The molecule has 2 saturated heterocycles. The Balaban J connectivity index is 1.55. The zero-order valence-electron chi connectivity index (χ0n) is 11.7. The predicted molar refractivity (Wildman–Crippen MR) is 70.8 cm³/mol. The topological polar surface area (TPSA) is 60.2 Å². The van der Waals surface area contributed by atoms with Crippen LogP contribution in [0.3, 0.4) is 0 Å². The molecule has 0 aliphatic carbocycles. The lowest BCUT2D eigenvalue weighted by Gasteiger charge is -2.22. The van der Waals surface area contributed by atoms with Crippen LogP contribution in [0.4, 0.5) is 0 Å². The Kier molecular flexibility index (Phi) is 3.84. The minimum absolute atomic E-state index is 0.329. The SMILES string of the molecule is CC1(c2noc(CCC3CCCCN3)n2)CCCO1. The highest BCUT2D eigenvalue weighted by molar-refractivity contribution is 5.01. The Labute approximate surface area is 114 Å². The molecule has 1 aromatic rings. The van der Waals surface area contributed by atoms with Gasteiger partial charge in [-0.1, -0.05) is 11.6 Å². The van der Waals surface area contributed by atoms with E-state index in [4.69, 9.17) is 9.26 Å². The minimum Gasteiger partial charge on any atom is -0.367 e. The maximum absolute atomic E-state index is 5.74. The molecule has 0 saturated carbocycles. The van der Waals surface area contributed by atoms with Gasteiger partial charge in [0.25, 0.3) is 0 Å². The fourth-order valence-electron chi connectivity index (χ4n) is 2.99. The highest BCUT2D eigenvalue weighted by atomic mass is 16.5. The van der Waals surface area contributed by atoms with E-state index in [1.807, 2.05) is 0 Å². The molecule has 1 N–H and O–H groups in total. The lowest BCUT2D eigenvalue weighted by atomic mass is 10.0. The van der Waals surface area contributed by atoms with Crippen LogP contribution in [0.15, 0.2) is 4.52 Å². The molecule has 106 valence electrons. The van der Waals surface area contributed by atoms with Crippen LogP contribution in [0.2, 0.25) is 0 Å². The van der Waals surface area contributed by atoms with Crippen LogP contribution in [0.25, 0.3) is 0 Å². The summed E-state index contributed by atoms with van der Waals surface area (Å²) in [5.41, 5.74) is -0.329. The van der Waals surface area contributed by atoms with Crippen molar-refractivity contribution in [1.82, 2.24) is 15.5 Å². The van der Waals surface area contributed by atoms with Gasteiger partial charge in [-0.25, -0.2) is 0 Å². The van der Waals surface area contributed by atoms with Gasteiger partial charge >= 0.3 is 0 Å². The van der Waals surface area contributed by atoms with Crippen molar-refractivity contribution in [3.8, 4) is 0 Å². The number of aryl methyl sites for hydroxylation is 1. The van der Waals surface area contributed by atoms with Crippen molar-refractivity contribution in [2.24, 2.45) is 0 Å². The van der Waals surface area contributed by atoms with Crippen LogP contribution in [0.1, 0.15) is 57.2 Å². The number of hydrogen-bond acceptors (Lipinski definition) is 5. The maximum Gasteiger partial charge on any atom is 0.226 e. The summed E-state index contributed by atoms with van der Waals surface area (Å²) in [4.78, 5) is 4.52. The van der Waals surface area contributed by atoms with Gasteiger partial charge in [0.2, 0.25) is 11.7 Å². The fourth-order valence-corrected chi connectivity index (χ4v) is 2.99. The molecule has 0 spiro atoms. The van der Waals surface area contributed by atoms with E-state index in [1.54, 1.807) is 0 Å². The number of hydrogen-bond donors (Lipinski definition) is 1. The average molecular weight is 265 g/mol. The number of aromatic nitrogens is 2. The second-order valence-corrected chi connectivity index (χ2v) is 5.88. The van der Waals surface area contributed by atoms with Gasteiger partial charge in [-0.3, -0.25) is 0 Å². The molecular formula is C14H23N3O2. The monoisotopic (exact) mass is 265 g/mol. The summed E-state index contributed by atoms with van der Waals surface area (Å²) in [5.74, 6) is 1.47. The number of nitrogens with zero attached hydrogens (tertiary/aromatic N) is 2. The van der Waals surface area contributed by atoms with Crippen molar-refractivity contribution < 1.29 is 9.26 Å². The number of nitrogens with one attached hydrogen (secondary N) is 1. The van der Waals surface area contributed by atoms with Crippen LogP contribution in [-0.2, 0) is 16.8 Å². The van der Waals surface area contributed by atoms with Crippen LogP contribution in [0.5, 0.6) is 0 Å². The number of rotatable bonds is 4. The average Bonchev–Trinajstić information content (AvgIpc) is 3.07. The Bertz CT molecular complexity index is 407. The molecule has 19 heavy (non-hydrogen) atoms. The smallest absolute Gasteiger partial charge is 0.226 e. The van der Waals surface area contributed by atoms with E-state index < -0.39 is 0 Å². The van der Waals surface area contributed by atoms with Crippen molar-refractivity contribution in [1.29, 1.82) is 0 Å². The van der Waals surface area contributed by atoms with Gasteiger partial charge in [0.1, 0.15) is 5.60 Å². The first-order chi connectivity index (χ1) is 9.26. The molecule has 0 amide bonds. The van der Waals surface area contributed by atoms with Crippen LogP contribution < -0.4 is 5.32 Å². The fraction of sp³-hybridized carbons (Fsp3) is 0.857. The molecule has 2 fully saturated rings. The summed E-state index contributed by atoms with van der Waals surface area (Å²) >= 11 is 0. The third-order valence-electron chi connectivity index (χ3n) is 4.28. The summed E-state index contributed by atoms with van der Waals surface area (Å²) in [6.07, 6.45) is 7.90. The highest BCUT2D eigenvalue weighted by Gasteiger charge is 2.36. The van der Waals surface area contributed by atoms with E-state index in [2.05, 4.69) is 22.4 Å². The van der Waals surface area contributed by atoms with Crippen molar-refractivity contribution >= 4 is 0 Å². The van der Waals surface area contributed by atoms with Crippen molar-refractivity contribution in [2.75, 3.05) is 13.2 Å². The summed E-state index contributed by atoms with van der Waals surface area (Å²) in [7, 11) is 0. The molecule has 5 heteroatoms. The van der Waals surface area contributed by atoms with E-state index in [9.17, 15) is 0 Å². The first-order valence-corrected chi connectivity index (χ1v) is 7.47. The Hall–Kier alpha value is -0.940. The maximum atomic E-state index is 5.74. The van der Waals surface area contributed by atoms with Gasteiger partial charge in [-0.15, -0.1) is 0 Å². The molecule has 3 heterocycles. The van der Waals surface area contributed by atoms with Gasteiger partial charge in [-0.05, 0) is 45.6 Å². The summed E-state index contributed by atoms with van der Waals surface area (Å²) in [6.45, 7) is 4.00. The molecular weight excluding hydrogens is 242 g/mol. The van der Waals surface area contributed by atoms with Crippen molar-refractivity contribution in [3.63, 3.8) is 0 Å². The summed E-state index contributed by atoms with van der Waals surface area (Å²) < 4.78 is 11.1. The molecule has 0 bridgehead atoms. The third kappa shape index (κ3) is 2.98. The standard InChI is InChI=1S/C14H23N3O2/c1-14(8-4-10-18-14)13-16-12(19-17-13)7-6-11-5-2-3-9-15-11/h11,15H,2-10H2,1H3. The predicted octanol–water partition coefficient (Wildman–Crippen LogP) is 2.17. The van der Waals surface area contributed by atoms with Gasteiger partial charge in [0, 0.05) is 19.1 Å². The Morgan fingerprint density at radius 2 is 2.32 bits per heavy atom. The minimum atomic E-state index is -0.329. The molecule has 2 unspecified atom stereocenters. The first-order valence-electron chi connectivity index (χ1n) is 7.47. The van der Waals surface area contributed by atoms with Crippen LogP contribution in [-0.4, -0.2) is 29.3 Å². The van der Waals surface area contributed by atoms with Gasteiger partial charge < -0.3 is 14.6 Å². The van der Waals surface area contributed by atoms with Crippen LogP contribution >= 0.6 is 0 Å². The second kappa shape index (κ2) is 5.59. The molecule has 2 aliphatic rings. The zero-order chi connectivity index (χ0) is 13.1. The van der Waals surface area contributed by atoms with E-state index in [-0.39, 0.29) is 5.60 Å². The van der Waals surface area contributed by atoms with Gasteiger partial charge in [0.15, 0.2) is 0 Å². The second-order valence-electron chi connectivity index (χ2n) is 5.88. The van der Waals surface area contributed by atoms with Crippen LogP contribution in [0, 0.1) is 0 Å². The van der Waals surface area contributed by atoms with Crippen molar-refractivity contribution in [3.05, 3.63) is 11.7 Å². The quantitative estimate of drug-likeness (QED) is 0.904. The Morgan fingerprint density at radius 1 is 1.37 bits per heavy atom. The lowest BCUT2D eigenvalue weighted by Crippen LogP contribution is -2.34. The number of piperidine rings is 1. The van der Waals surface area contributed by atoms with Gasteiger partial charge in [-0.2, -0.15) is 4.98 Å². The molecule has 0 aromatic carbocycles. The van der Waals surface area contributed by atoms with E-state index in [0.29, 0.717) is 6.04 Å². The molecule has 3 rings (SSSR count). The molecule has 2 atom stereocenters. The van der Waals surface area contributed by atoms with E-state index in [1.165, 1.54) is 19.3 Å².